The standard InChI is InChI=1S/C20H26N2O3/c1-3-24-18-12-11-17(16-19(18)25-4-2)21-20(23)10-6-9-15-22-13-7-5-8-14-22/h5,7-8,11-14,16H,3-4,6,9-10,15H2,1-2H3/p+1. The normalized spacial score (nSPS) is 10.3. The van der Waals surface area contributed by atoms with Gasteiger partial charge in [-0.2, -0.15) is 0 Å². The van der Waals surface area contributed by atoms with Crippen LogP contribution in [0.3, 0.4) is 0 Å². The van der Waals surface area contributed by atoms with Gasteiger partial charge in [-0.3, -0.25) is 4.79 Å². The van der Waals surface area contributed by atoms with E-state index < -0.39 is 0 Å². The number of nitrogens with zero attached hydrogens (tertiary/aromatic N) is 1. The zero-order chi connectivity index (χ0) is 17.9. The average Bonchev–Trinajstić information content (AvgIpc) is 2.62. The van der Waals surface area contributed by atoms with Gasteiger partial charge in [0.15, 0.2) is 23.9 Å². The first-order valence-corrected chi connectivity index (χ1v) is 8.86. The fraction of sp³-hybridized carbons (Fsp3) is 0.400. The zero-order valence-electron chi connectivity index (χ0n) is 15.0. The summed E-state index contributed by atoms with van der Waals surface area (Å²) >= 11 is 0. The smallest absolute Gasteiger partial charge is 0.224 e. The quantitative estimate of drug-likeness (QED) is 0.530. The van der Waals surface area contributed by atoms with Gasteiger partial charge in [-0.25, -0.2) is 4.57 Å². The van der Waals surface area contributed by atoms with Crippen LogP contribution in [0.2, 0.25) is 0 Å². The Kier molecular flexibility index (Phi) is 7.76. The van der Waals surface area contributed by atoms with Gasteiger partial charge in [0.1, 0.15) is 6.54 Å². The van der Waals surface area contributed by atoms with Gasteiger partial charge in [0.05, 0.1) is 13.2 Å². The van der Waals surface area contributed by atoms with E-state index in [4.69, 9.17) is 9.47 Å². The number of hydrogen-bond acceptors (Lipinski definition) is 3. The Labute approximate surface area is 149 Å². The molecule has 25 heavy (non-hydrogen) atoms. The molecule has 1 heterocycles. The van der Waals surface area contributed by atoms with Crippen LogP contribution in [0.4, 0.5) is 5.69 Å². The fourth-order valence-corrected chi connectivity index (χ4v) is 2.52. The lowest BCUT2D eigenvalue weighted by Gasteiger charge is -2.13. The van der Waals surface area contributed by atoms with Crippen molar-refractivity contribution >= 4 is 11.6 Å². The van der Waals surface area contributed by atoms with Gasteiger partial charge in [0.2, 0.25) is 5.91 Å². The third-order valence-corrected chi connectivity index (χ3v) is 3.67. The summed E-state index contributed by atoms with van der Waals surface area (Å²) in [6.45, 7) is 5.90. The predicted molar refractivity (Wildman–Crippen MR) is 97.9 cm³/mol. The summed E-state index contributed by atoms with van der Waals surface area (Å²) < 4.78 is 13.2. The van der Waals surface area contributed by atoms with Crippen molar-refractivity contribution in [3.05, 3.63) is 48.8 Å². The number of carbonyl (C=O) groups is 1. The number of nitrogens with one attached hydrogen (secondary N) is 1. The SMILES string of the molecule is CCOc1ccc(NC(=O)CCCC[n+]2ccccc2)cc1OCC. The van der Waals surface area contributed by atoms with E-state index in [0.29, 0.717) is 31.1 Å². The molecule has 0 atom stereocenters. The van der Waals surface area contributed by atoms with E-state index >= 15 is 0 Å². The molecule has 1 aromatic carbocycles. The van der Waals surface area contributed by atoms with Gasteiger partial charge in [-0.05, 0) is 32.4 Å². The van der Waals surface area contributed by atoms with Crippen LogP contribution in [0.1, 0.15) is 33.1 Å². The van der Waals surface area contributed by atoms with Gasteiger partial charge in [-0.15, -0.1) is 0 Å². The molecular formula is C20H27N2O3+. The van der Waals surface area contributed by atoms with E-state index in [1.807, 2.05) is 62.6 Å². The number of benzene rings is 1. The minimum absolute atomic E-state index is 0.0182. The number of hydrogen-bond donors (Lipinski definition) is 1. The largest absolute Gasteiger partial charge is 0.490 e. The highest BCUT2D eigenvalue weighted by Gasteiger charge is 2.09. The molecule has 5 nitrogen and oxygen atoms in total. The molecule has 2 rings (SSSR count). The lowest BCUT2D eigenvalue weighted by atomic mass is 10.2. The molecule has 0 unspecified atom stereocenters. The average molecular weight is 343 g/mol. The molecule has 0 aliphatic carbocycles. The van der Waals surface area contributed by atoms with Crippen molar-refractivity contribution in [3.63, 3.8) is 0 Å². The molecule has 1 N–H and O–H groups in total. The lowest BCUT2D eigenvalue weighted by Crippen LogP contribution is -2.32. The van der Waals surface area contributed by atoms with Crippen molar-refractivity contribution < 1.29 is 18.8 Å². The van der Waals surface area contributed by atoms with E-state index in [2.05, 4.69) is 9.88 Å². The van der Waals surface area contributed by atoms with E-state index in [9.17, 15) is 4.79 Å². The summed E-state index contributed by atoms with van der Waals surface area (Å²) in [5.41, 5.74) is 0.731. The highest BCUT2D eigenvalue weighted by atomic mass is 16.5. The summed E-state index contributed by atoms with van der Waals surface area (Å²) in [5.74, 6) is 1.37. The molecule has 0 fully saturated rings. The Balaban J connectivity index is 1.80. The summed E-state index contributed by atoms with van der Waals surface area (Å²) in [6, 6.07) is 11.5. The van der Waals surface area contributed by atoms with Gasteiger partial charge >= 0.3 is 0 Å². The first-order valence-electron chi connectivity index (χ1n) is 8.86. The molecule has 0 radical (unpaired) electrons. The number of carbonyl (C=O) groups excluding carboxylic acids is 1. The van der Waals surface area contributed by atoms with Crippen LogP contribution in [0, 0.1) is 0 Å². The maximum atomic E-state index is 12.1. The predicted octanol–water partition coefficient (Wildman–Crippen LogP) is 3.58. The van der Waals surface area contributed by atoms with E-state index in [0.717, 1.165) is 25.1 Å². The Hall–Kier alpha value is -2.56. The number of anilines is 1. The van der Waals surface area contributed by atoms with Crippen LogP contribution in [0.15, 0.2) is 48.8 Å². The van der Waals surface area contributed by atoms with Crippen LogP contribution in [-0.4, -0.2) is 19.1 Å². The topological polar surface area (TPSA) is 51.4 Å². The van der Waals surface area contributed by atoms with Crippen molar-refractivity contribution in [2.24, 2.45) is 0 Å². The first kappa shape index (κ1) is 18.8. The van der Waals surface area contributed by atoms with E-state index in [1.165, 1.54) is 0 Å². The molecule has 0 bridgehead atoms. The second-order valence-corrected chi connectivity index (χ2v) is 5.65. The highest BCUT2D eigenvalue weighted by molar-refractivity contribution is 5.91. The Bertz CT molecular complexity index is 659. The number of rotatable bonds is 10. The van der Waals surface area contributed by atoms with Crippen molar-refractivity contribution in [3.8, 4) is 11.5 Å². The Morgan fingerprint density at radius 3 is 2.44 bits per heavy atom. The lowest BCUT2D eigenvalue weighted by molar-refractivity contribution is -0.697. The third-order valence-electron chi connectivity index (χ3n) is 3.67. The zero-order valence-corrected chi connectivity index (χ0v) is 15.0. The maximum Gasteiger partial charge on any atom is 0.224 e. The Morgan fingerprint density at radius 1 is 1.00 bits per heavy atom. The van der Waals surface area contributed by atoms with E-state index in [1.54, 1.807) is 0 Å². The molecule has 0 saturated carbocycles. The van der Waals surface area contributed by atoms with Crippen molar-refractivity contribution in [1.29, 1.82) is 0 Å². The maximum absolute atomic E-state index is 12.1. The molecule has 0 aliphatic heterocycles. The molecule has 1 aromatic heterocycles. The van der Waals surface area contributed by atoms with Gasteiger partial charge < -0.3 is 14.8 Å². The molecule has 1 amide bonds. The van der Waals surface area contributed by atoms with Crippen LogP contribution < -0.4 is 19.4 Å². The molecule has 2 aromatic rings. The van der Waals surface area contributed by atoms with Crippen molar-refractivity contribution in [2.75, 3.05) is 18.5 Å². The summed E-state index contributed by atoms with van der Waals surface area (Å²) in [6.07, 6.45) is 6.40. The Morgan fingerprint density at radius 2 is 1.72 bits per heavy atom. The monoisotopic (exact) mass is 343 g/mol. The van der Waals surface area contributed by atoms with Crippen LogP contribution in [0.25, 0.3) is 0 Å². The number of amides is 1. The number of pyridine rings is 1. The summed E-state index contributed by atoms with van der Waals surface area (Å²) in [5, 5.41) is 2.93. The number of unbranched alkanes of at least 4 members (excludes halogenated alkanes) is 1. The second-order valence-electron chi connectivity index (χ2n) is 5.65. The second kappa shape index (κ2) is 10.3. The minimum atomic E-state index is 0.0182. The molecule has 5 heteroatoms. The van der Waals surface area contributed by atoms with Gasteiger partial charge in [0.25, 0.3) is 0 Å². The minimum Gasteiger partial charge on any atom is -0.490 e. The number of ether oxygens (including phenoxy) is 2. The molecule has 0 saturated heterocycles. The van der Waals surface area contributed by atoms with Gasteiger partial charge in [0, 0.05) is 36.7 Å². The highest BCUT2D eigenvalue weighted by Crippen LogP contribution is 2.30. The van der Waals surface area contributed by atoms with Crippen LogP contribution in [0.5, 0.6) is 11.5 Å². The van der Waals surface area contributed by atoms with Crippen LogP contribution in [-0.2, 0) is 11.3 Å². The first-order chi connectivity index (χ1) is 12.2. The van der Waals surface area contributed by atoms with Crippen molar-refractivity contribution in [1.82, 2.24) is 0 Å². The summed E-state index contributed by atoms with van der Waals surface area (Å²) in [4.78, 5) is 12.1. The fourth-order valence-electron chi connectivity index (χ4n) is 2.52. The molecule has 0 aliphatic rings. The van der Waals surface area contributed by atoms with Crippen LogP contribution >= 0.6 is 0 Å². The molecular weight excluding hydrogens is 316 g/mol. The van der Waals surface area contributed by atoms with Crippen molar-refractivity contribution in [2.45, 2.75) is 39.7 Å². The number of aryl methyl sites for hydroxylation is 1. The number of aromatic nitrogens is 1. The molecule has 0 spiro atoms. The molecule has 134 valence electrons. The summed E-state index contributed by atoms with van der Waals surface area (Å²) in [7, 11) is 0. The third kappa shape index (κ3) is 6.45. The van der Waals surface area contributed by atoms with Gasteiger partial charge in [-0.1, -0.05) is 6.07 Å². The van der Waals surface area contributed by atoms with E-state index in [-0.39, 0.29) is 5.91 Å².